The molecular weight excluding hydrogens is 436 g/mol. The highest BCUT2D eigenvalue weighted by molar-refractivity contribution is 7.92. The summed E-state index contributed by atoms with van der Waals surface area (Å²) in [7, 11) is -4.03. The zero-order valence-electron chi connectivity index (χ0n) is 16.9. The predicted molar refractivity (Wildman–Crippen MR) is 119 cm³/mol. The highest BCUT2D eigenvalue weighted by atomic mass is 32.2. The number of carbonyl (C=O) groups excluding carboxylic acids is 1. The summed E-state index contributed by atoms with van der Waals surface area (Å²) in [6, 6.07) is 15.3. The fourth-order valence-electron chi connectivity index (χ4n) is 3.12. The third kappa shape index (κ3) is 4.83. The lowest BCUT2D eigenvalue weighted by Crippen LogP contribution is -2.40. The Kier molecular flexibility index (Phi) is 6.15. The van der Waals surface area contributed by atoms with E-state index in [4.69, 9.17) is 9.47 Å². The van der Waals surface area contributed by atoms with E-state index in [-0.39, 0.29) is 11.4 Å². The maximum atomic E-state index is 13.5. The highest BCUT2D eigenvalue weighted by Gasteiger charge is 2.29. The summed E-state index contributed by atoms with van der Waals surface area (Å²) in [6.07, 6.45) is 0. The molecular formula is C22H22N2O5S2. The van der Waals surface area contributed by atoms with Crippen molar-refractivity contribution in [3.8, 4) is 11.5 Å². The van der Waals surface area contributed by atoms with Gasteiger partial charge in [0.1, 0.15) is 19.8 Å². The maximum absolute atomic E-state index is 13.5. The van der Waals surface area contributed by atoms with Gasteiger partial charge in [0, 0.05) is 10.9 Å². The minimum atomic E-state index is -4.03. The molecule has 0 radical (unpaired) electrons. The number of sulfonamides is 1. The molecule has 0 bridgehead atoms. The van der Waals surface area contributed by atoms with E-state index in [9.17, 15) is 13.2 Å². The molecule has 1 N–H and O–H groups in total. The Hall–Kier alpha value is -3.04. The SMILES string of the molecule is Cc1ccc(N(CC(=O)NCc2cccs2)S(=O)(=O)c2ccc3c(c2)OCCO3)cc1. The first kappa shape index (κ1) is 21.2. The van der Waals surface area contributed by atoms with Crippen molar-refractivity contribution < 1.29 is 22.7 Å². The standard InChI is InChI=1S/C22H22N2O5S2/c1-16-4-6-17(7-5-16)24(15-22(25)23-14-18-3-2-12-30-18)31(26,27)19-8-9-20-21(13-19)29-11-10-28-20/h2-9,12-13H,10-11,14-15H2,1H3,(H,23,25). The largest absolute Gasteiger partial charge is 0.486 e. The number of nitrogens with one attached hydrogen (secondary N) is 1. The van der Waals surface area contributed by atoms with Crippen LogP contribution in [0.4, 0.5) is 5.69 Å². The van der Waals surface area contributed by atoms with Crippen LogP contribution in [0, 0.1) is 6.92 Å². The summed E-state index contributed by atoms with van der Waals surface area (Å²) in [6.45, 7) is 2.69. The number of rotatable bonds is 7. The topological polar surface area (TPSA) is 84.9 Å². The lowest BCUT2D eigenvalue weighted by molar-refractivity contribution is -0.119. The number of ether oxygens (including phenoxy) is 2. The van der Waals surface area contributed by atoms with Crippen LogP contribution in [-0.2, 0) is 21.4 Å². The number of amides is 1. The average Bonchev–Trinajstić information content (AvgIpc) is 3.30. The van der Waals surface area contributed by atoms with Crippen molar-refractivity contribution in [2.45, 2.75) is 18.4 Å². The van der Waals surface area contributed by atoms with Gasteiger partial charge in [0.25, 0.3) is 10.0 Å². The van der Waals surface area contributed by atoms with Crippen LogP contribution in [0.1, 0.15) is 10.4 Å². The number of nitrogens with zero attached hydrogens (tertiary/aromatic N) is 1. The highest BCUT2D eigenvalue weighted by Crippen LogP contribution is 2.34. The molecule has 1 amide bonds. The number of carbonyl (C=O) groups is 1. The Morgan fingerprint density at radius 3 is 2.52 bits per heavy atom. The first-order valence-corrected chi connectivity index (χ1v) is 12.0. The Morgan fingerprint density at radius 1 is 1.06 bits per heavy atom. The summed E-state index contributed by atoms with van der Waals surface area (Å²) in [4.78, 5) is 13.7. The van der Waals surface area contributed by atoms with Crippen molar-refractivity contribution in [3.05, 3.63) is 70.4 Å². The summed E-state index contributed by atoms with van der Waals surface area (Å²) in [5, 5.41) is 4.71. The molecule has 2 heterocycles. The molecule has 162 valence electrons. The third-order valence-electron chi connectivity index (χ3n) is 4.75. The third-order valence-corrected chi connectivity index (χ3v) is 7.40. The van der Waals surface area contributed by atoms with E-state index in [2.05, 4.69) is 5.32 Å². The van der Waals surface area contributed by atoms with Crippen LogP contribution in [0.3, 0.4) is 0 Å². The molecule has 1 aromatic heterocycles. The molecule has 9 heteroatoms. The van der Waals surface area contributed by atoms with Crippen molar-refractivity contribution in [2.75, 3.05) is 24.1 Å². The number of thiophene rings is 1. The Morgan fingerprint density at radius 2 is 1.81 bits per heavy atom. The van der Waals surface area contributed by atoms with Gasteiger partial charge in [-0.3, -0.25) is 9.10 Å². The molecule has 1 aliphatic rings. The smallest absolute Gasteiger partial charge is 0.264 e. The van der Waals surface area contributed by atoms with Crippen LogP contribution in [0.25, 0.3) is 0 Å². The molecule has 0 unspecified atom stereocenters. The molecule has 4 rings (SSSR count). The molecule has 0 fully saturated rings. The molecule has 0 atom stereocenters. The van der Waals surface area contributed by atoms with E-state index in [1.54, 1.807) is 18.2 Å². The first-order chi connectivity index (χ1) is 14.9. The second-order valence-electron chi connectivity index (χ2n) is 7.01. The summed E-state index contributed by atoms with van der Waals surface area (Å²) in [5.74, 6) is 0.481. The molecule has 3 aromatic rings. The molecule has 0 spiro atoms. The van der Waals surface area contributed by atoms with Gasteiger partial charge >= 0.3 is 0 Å². The second kappa shape index (κ2) is 8.99. The molecule has 2 aromatic carbocycles. The van der Waals surface area contributed by atoms with E-state index in [1.807, 2.05) is 36.6 Å². The first-order valence-electron chi connectivity index (χ1n) is 9.71. The van der Waals surface area contributed by atoms with Crippen molar-refractivity contribution >= 4 is 33.0 Å². The average molecular weight is 459 g/mol. The monoisotopic (exact) mass is 458 g/mol. The number of hydrogen-bond acceptors (Lipinski definition) is 6. The van der Waals surface area contributed by atoms with Crippen molar-refractivity contribution in [3.63, 3.8) is 0 Å². The maximum Gasteiger partial charge on any atom is 0.264 e. The molecule has 1 aliphatic heterocycles. The number of benzene rings is 2. The fraction of sp³-hybridized carbons (Fsp3) is 0.227. The van der Waals surface area contributed by atoms with Gasteiger partial charge in [-0.1, -0.05) is 23.8 Å². The van der Waals surface area contributed by atoms with Crippen molar-refractivity contribution in [2.24, 2.45) is 0 Å². The van der Waals surface area contributed by atoms with Gasteiger partial charge in [-0.25, -0.2) is 8.42 Å². The molecule has 0 saturated carbocycles. The number of fused-ring (bicyclic) bond motifs is 1. The van der Waals surface area contributed by atoms with E-state index < -0.39 is 15.9 Å². The van der Waals surface area contributed by atoms with Gasteiger partial charge in [0.15, 0.2) is 11.5 Å². The van der Waals surface area contributed by atoms with Crippen molar-refractivity contribution in [1.82, 2.24) is 5.32 Å². The van der Waals surface area contributed by atoms with E-state index in [0.29, 0.717) is 36.9 Å². The Bertz CT molecular complexity index is 1160. The zero-order chi connectivity index (χ0) is 21.8. The Labute approximate surface area is 185 Å². The fourth-order valence-corrected chi connectivity index (χ4v) is 5.20. The number of aryl methyl sites for hydroxylation is 1. The number of anilines is 1. The van der Waals surface area contributed by atoms with Gasteiger partial charge in [0.2, 0.25) is 5.91 Å². The lowest BCUT2D eigenvalue weighted by atomic mass is 10.2. The summed E-state index contributed by atoms with van der Waals surface area (Å²) in [5.41, 5.74) is 1.40. The second-order valence-corrected chi connectivity index (χ2v) is 9.90. The van der Waals surface area contributed by atoms with Gasteiger partial charge in [-0.05, 0) is 42.6 Å². The normalized spacial score (nSPS) is 12.9. The van der Waals surface area contributed by atoms with Crippen LogP contribution >= 0.6 is 11.3 Å². The van der Waals surface area contributed by atoms with Gasteiger partial charge in [-0.2, -0.15) is 0 Å². The predicted octanol–water partition coefficient (Wildman–Crippen LogP) is 3.34. The van der Waals surface area contributed by atoms with Gasteiger partial charge in [-0.15, -0.1) is 11.3 Å². The number of hydrogen-bond donors (Lipinski definition) is 1. The minimum Gasteiger partial charge on any atom is -0.486 e. The van der Waals surface area contributed by atoms with E-state index >= 15 is 0 Å². The molecule has 31 heavy (non-hydrogen) atoms. The van der Waals surface area contributed by atoms with Crippen LogP contribution in [0.2, 0.25) is 0 Å². The van der Waals surface area contributed by atoms with Crippen LogP contribution in [0.15, 0.2) is 64.9 Å². The van der Waals surface area contributed by atoms with Crippen LogP contribution in [0.5, 0.6) is 11.5 Å². The van der Waals surface area contributed by atoms with Crippen LogP contribution < -0.4 is 19.1 Å². The van der Waals surface area contributed by atoms with E-state index in [1.165, 1.54) is 23.5 Å². The lowest BCUT2D eigenvalue weighted by Gasteiger charge is -2.25. The molecule has 0 aliphatic carbocycles. The minimum absolute atomic E-state index is 0.0309. The van der Waals surface area contributed by atoms with E-state index in [0.717, 1.165) is 14.7 Å². The zero-order valence-corrected chi connectivity index (χ0v) is 18.5. The summed E-state index contributed by atoms with van der Waals surface area (Å²) < 4.78 is 39.2. The van der Waals surface area contributed by atoms with Gasteiger partial charge in [0.05, 0.1) is 17.1 Å². The quantitative estimate of drug-likeness (QED) is 0.587. The van der Waals surface area contributed by atoms with Crippen LogP contribution in [-0.4, -0.2) is 34.1 Å². The molecule has 0 saturated heterocycles. The van der Waals surface area contributed by atoms with Crippen molar-refractivity contribution in [1.29, 1.82) is 0 Å². The molecule has 7 nitrogen and oxygen atoms in total. The van der Waals surface area contributed by atoms with Gasteiger partial charge < -0.3 is 14.8 Å². The Balaban J connectivity index is 1.62. The summed E-state index contributed by atoms with van der Waals surface area (Å²) >= 11 is 1.52.